The van der Waals surface area contributed by atoms with Crippen LogP contribution in [0, 0.1) is 11.8 Å². The van der Waals surface area contributed by atoms with Crippen LogP contribution in [0.5, 0.6) is 0 Å². The van der Waals surface area contributed by atoms with Crippen molar-refractivity contribution in [3.8, 4) is 0 Å². The van der Waals surface area contributed by atoms with Crippen molar-refractivity contribution in [2.75, 3.05) is 13.1 Å². The minimum absolute atomic E-state index is 0.181. The van der Waals surface area contributed by atoms with Gasteiger partial charge in [-0.2, -0.15) is 0 Å². The average Bonchev–Trinajstić information content (AvgIpc) is 2.83. The van der Waals surface area contributed by atoms with Gasteiger partial charge < -0.3 is 4.74 Å². The first-order valence-corrected chi connectivity index (χ1v) is 11.2. The number of ether oxygens (including phenoxy) is 1. The summed E-state index contributed by atoms with van der Waals surface area (Å²) in [6.45, 7) is 6.09. The zero-order chi connectivity index (χ0) is 21.2. The fourth-order valence-electron chi connectivity index (χ4n) is 5.35. The van der Waals surface area contributed by atoms with Gasteiger partial charge in [0.15, 0.2) is 0 Å². The Kier molecular flexibility index (Phi) is 5.56. The molecule has 6 rings (SSSR count). The van der Waals surface area contributed by atoms with Gasteiger partial charge in [0.2, 0.25) is 0 Å². The van der Waals surface area contributed by atoms with Crippen molar-refractivity contribution in [2.24, 2.45) is 11.8 Å². The quantitative estimate of drug-likeness (QED) is 0.424. The molecule has 4 heterocycles. The number of rotatable bonds is 6. The van der Waals surface area contributed by atoms with Crippen LogP contribution in [0.3, 0.4) is 0 Å². The number of pyridine rings is 1. The van der Waals surface area contributed by atoms with Crippen molar-refractivity contribution in [3.63, 3.8) is 0 Å². The molecule has 2 bridgehead atoms. The van der Waals surface area contributed by atoms with Crippen LogP contribution in [0.2, 0.25) is 0 Å². The van der Waals surface area contributed by atoms with E-state index in [-0.39, 0.29) is 24.5 Å². The predicted octanol–water partition coefficient (Wildman–Crippen LogP) is 4.96. The third-order valence-corrected chi connectivity index (χ3v) is 6.94. The molecule has 5 atom stereocenters. The maximum absolute atomic E-state index is 13.0. The lowest BCUT2D eigenvalue weighted by atomic mass is 9.73. The number of aromatic nitrogens is 1. The minimum atomic E-state index is -0.308. The zero-order valence-electron chi connectivity index (χ0n) is 17.7. The molecule has 3 saturated heterocycles. The summed E-state index contributed by atoms with van der Waals surface area (Å²) in [5.74, 6) is 0.954. The summed E-state index contributed by atoms with van der Waals surface area (Å²) in [6.07, 6.45) is 6.12. The van der Waals surface area contributed by atoms with Crippen LogP contribution in [0.15, 0.2) is 79.5 Å². The summed E-state index contributed by atoms with van der Waals surface area (Å²) in [7, 11) is 0. The van der Waals surface area contributed by atoms with Gasteiger partial charge in [0.05, 0.1) is 18.0 Å². The van der Waals surface area contributed by atoms with Gasteiger partial charge in [-0.1, -0.05) is 54.6 Å². The summed E-state index contributed by atoms with van der Waals surface area (Å²) < 4.78 is 6.28. The number of carbonyl (C=O) groups excluding carboxylic acids is 1. The third kappa shape index (κ3) is 4.00. The Hall–Kier alpha value is -2.98. The molecular weight excluding hydrogens is 384 g/mol. The molecule has 158 valence electrons. The molecule has 4 heteroatoms. The highest BCUT2D eigenvalue weighted by Gasteiger charge is 2.44. The largest absolute Gasteiger partial charge is 0.456 e. The first-order valence-electron chi connectivity index (χ1n) is 11.2. The summed E-state index contributed by atoms with van der Waals surface area (Å²) in [5.41, 5.74) is 2.96. The second-order valence-electron chi connectivity index (χ2n) is 8.74. The third-order valence-electron chi connectivity index (χ3n) is 6.94. The summed E-state index contributed by atoms with van der Waals surface area (Å²) in [5, 5.41) is 1.06. The van der Waals surface area contributed by atoms with Crippen LogP contribution in [-0.2, 0) is 16.0 Å². The molecule has 2 aromatic carbocycles. The number of benzene rings is 2. The van der Waals surface area contributed by atoms with Crippen molar-refractivity contribution in [1.29, 1.82) is 0 Å². The van der Waals surface area contributed by atoms with Crippen molar-refractivity contribution in [3.05, 3.63) is 90.6 Å². The van der Waals surface area contributed by atoms with Crippen molar-refractivity contribution < 1.29 is 9.53 Å². The van der Waals surface area contributed by atoms with E-state index in [4.69, 9.17) is 4.74 Å². The van der Waals surface area contributed by atoms with Crippen molar-refractivity contribution in [2.45, 2.75) is 31.4 Å². The molecule has 3 aliphatic heterocycles. The molecule has 4 nitrogen and oxygen atoms in total. The molecular formula is C27H28N2O2. The fourth-order valence-corrected chi connectivity index (χ4v) is 5.35. The predicted molar refractivity (Wildman–Crippen MR) is 122 cm³/mol. The van der Waals surface area contributed by atoms with Crippen LogP contribution in [0.1, 0.15) is 30.1 Å². The molecule has 3 aliphatic rings. The number of piperidine rings is 3. The molecule has 0 radical (unpaired) electrons. The van der Waals surface area contributed by atoms with E-state index >= 15 is 0 Å². The lowest BCUT2D eigenvalue weighted by Gasteiger charge is -2.51. The van der Waals surface area contributed by atoms with Crippen LogP contribution in [-0.4, -0.2) is 35.0 Å². The van der Waals surface area contributed by atoms with Gasteiger partial charge in [-0.15, -0.1) is 6.58 Å². The minimum Gasteiger partial charge on any atom is -0.456 e. The van der Waals surface area contributed by atoms with E-state index in [1.165, 1.54) is 6.42 Å². The standard InChI is InChI=1S/C27H28N2O2/c1-2-20-18-29-15-13-21(20)17-25(29)27(31-26(30)16-19-8-4-3-5-9-19)23-12-14-28-24-11-7-6-10-22(23)24/h2-12,14,20-21,25,27H,1,13,15-18H2. The molecule has 1 aromatic heterocycles. The van der Waals surface area contributed by atoms with E-state index in [1.54, 1.807) is 0 Å². The maximum atomic E-state index is 13.0. The molecule has 3 fully saturated rings. The summed E-state index contributed by atoms with van der Waals surface area (Å²) in [6, 6.07) is 20.1. The molecule has 31 heavy (non-hydrogen) atoms. The van der Waals surface area contributed by atoms with E-state index in [0.29, 0.717) is 11.8 Å². The highest BCUT2D eigenvalue weighted by atomic mass is 16.5. The molecule has 0 aliphatic carbocycles. The Morgan fingerprint density at radius 1 is 1.16 bits per heavy atom. The Bertz CT molecular complexity index is 1080. The van der Waals surface area contributed by atoms with E-state index in [2.05, 4.69) is 28.6 Å². The SMILES string of the molecule is C=CC1CN2CCC1CC2C(OC(=O)Cc1ccccc1)c1ccnc2ccccc12. The van der Waals surface area contributed by atoms with Gasteiger partial charge >= 0.3 is 5.97 Å². The Morgan fingerprint density at radius 2 is 1.97 bits per heavy atom. The van der Waals surface area contributed by atoms with Crippen molar-refractivity contribution >= 4 is 16.9 Å². The molecule has 5 unspecified atom stereocenters. The molecule has 0 saturated carbocycles. The van der Waals surface area contributed by atoms with E-state index in [0.717, 1.165) is 41.5 Å². The Balaban J connectivity index is 1.48. The van der Waals surface area contributed by atoms with Gasteiger partial charge in [-0.05, 0) is 48.9 Å². The zero-order valence-corrected chi connectivity index (χ0v) is 17.7. The number of hydrogen-bond acceptors (Lipinski definition) is 4. The molecule has 0 spiro atoms. The molecule has 0 N–H and O–H groups in total. The lowest BCUT2D eigenvalue weighted by molar-refractivity contribution is -0.156. The van der Waals surface area contributed by atoms with E-state index < -0.39 is 0 Å². The fraction of sp³-hybridized carbons (Fsp3) is 0.333. The number of hydrogen-bond donors (Lipinski definition) is 0. The number of esters is 1. The van der Waals surface area contributed by atoms with Gasteiger partial charge in [0.1, 0.15) is 6.10 Å². The normalized spacial score (nSPS) is 25.8. The second kappa shape index (κ2) is 8.64. The first-order chi connectivity index (χ1) is 15.2. The highest BCUT2D eigenvalue weighted by molar-refractivity contribution is 5.83. The maximum Gasteiger partial charge on any atom is 0.310 e. The summed E-state index contributed by atoms with van der Waals surface area (Å²) in [4.78, 5) is 20.1. The number of carbonyl (C=O) groups is 1. The summed E-state index contributed by atoms with van der Waals surface area (Å²) >= 11 is 0. The van der Waals surface area contributed by atoms with Crippen LogP contribution in [0.4, 0.5) is 0 Å². The Labute approximate surface area is 183 Å². The number of nitrogens with zero attached hydrogens (tertiary/aromatic N) is 2. The van der Waals surface area contributed by atoms with Gasteiger partial charge in [-0.25, -0.2) is 0 Å². The van der Waals surface area contributed by atoms with Crippen LogP contribution < -0.4 is 0 Å². The smallest absolute Gasteiger partial charge is 0.310 e. The van der Waals surface area contributed by atoms with Gasteiger partial charge in [0.25, 0.3) is 0 Å². The van der Waals surface area contributed by atoms with Crippen LogP contribution >= 0.6 is 0 Å². The van der Waals surface area contributed by atoms with E-state index in [1.807, 2.05) is 60.8 Å². The number of fused-ring (bicyclic) bond motifs is 4. The highest BCUT2D eigenvalue weighted by Crippen LogP contribution is 2.43. The van der Waals surface area contributed by atoms with Gasteiger partial charge in [-0.3, -0.25) is 14.7 Å². The Morgan fingerprint density at radius 3 is 2.74 bits per heavy atom. The van der Waals surface area contributed by atoms with E-state index in [9.17, 15) is 4.79 Å². The van der Waals surface area contributed by atoms with Crippen molar-refractivity contribution in [1.82, 2.24) is 9.88 Å². The monoisotopic (exact) mass is 412 g/mol. The lowest BCUT2D eigenvalue weighted by Crippen LogP contribution is -2.55. The second-order valence-corrected chi connectivity index (χ2v) is 8.74. The van der Waals surface area contributed by atoms with Gasteiger partial charge in [0, 0.05) is 23.7 Å². The molecule has 3 aromatic rings. The average molecular weight is 413 g/mol. The van der Waals surface area contributed by atoms with Crippen LogP contribution in [0.25, 0.3) is 10.9 Å². The molecule has 0 amide bonds. The number of para-hydroxylation sites is 1. The first kappa shape index (κ1) is 20.0. The topological polar surface area (TPSA) is 42.4 Å².